The lowest BCUT2D eigenvalue weighted by Crippen LogP contribution is -2.13. The molecule has 0 aliphatic heterocycles. The fourth-order valence-electron chi connectivity index (χ4n) is 2.35. The van der Waals surface area contributed by atoms with E-state index >= 15 is 0 Å². The Morgan fingerprint density at radius 1 is 1.15 bits per heavy atom. The molecule has 0 fully saturated rings. The molecule has 0 saturated carbocycles. The normalized spacial score (nSPS) is 12.0. The van der Waals surface area contributed by atoms with E-state index < -0.39 is 0 Å². The Hall–Kier alpha value is -2.31. The highest BCUT2D eigenvalue weighted by Crippen LogP contribution is 2.25. The first-order valence-corrected chi connectivity index (χ1v) is 9.67. The molecular weight excluding hydrogens is 384 g/mol. The third kappa shape index (κ3) is 5.11. The number of halogens is 1. The van der Waals surface area contributed by atoms with Gasteiger partial charge < -0.3 is 9.15 Å². The zero-order chi connectivity index (χ0) is 19.4. The van der Waals surface area contributed by atoms with Crippen molar-refractivity contribution in [3.63, 3.8) is 0 Å². The molecule has 1 heterocycles. The molecule has 0 N–H and O–H groups in total. The molecule has 0 aliphatic carbocycles. The van der Waals surface area contributed by atoms with Crippen molar-refractivity contribution in [3.05, 3.63) is 70.1 Å². The minimum absolute atomic E-state index is 0.0280. The van der Waals surface area contributed by atoms with Gasteiger partial charge in [-0.25, -0.2) is 0 Å². The van der Waals surface area contributed by atoms with Gasteiger partial charge in [-0.3, -0.25) is 4.79 Å². The van der Waals surface area contributed by atoms with Crippen LogP contribution in [0.1, 0.15) is 34.3 Å². The van der Waals surface area contributed by atoms with E-state index in [4.69, 9.17) is 20.8 Å². The van der Waals surface area contributed by atoms with Crippen molar-refractivity contribution in [1.82, 2.24) is 10.2 Å². The second kappa shape index (κ2) is 8.59. The molecule has 2 aromatic carbocycles. The number of nitrogens with zero attached hydrogens (tertiary/aromatic N) is 2. The molecular formula is C20H19ClN2O3S. The Kier molecular flexibility index (Phi) is 6.19. The Morgan fingerprint density at radius 2 is 1.89 bits per heavy atom. The van der Waals surface area contributed by atoms with Crippen LogP contribution in [-0.2, 0) is 6.61 Å². The monoisotopic (exact) mass is 402 g/mol. The maximum absolute atomic E-state index is 12.6. The van der Waals surface area contributed by atoms with Crippen LogP contribution >= 0.6 is 23.4 Å². The highest BCUT2D eigenvalue weighted by Gasteiger charge is 2.20. The number of aromatic nitrogens is 2. The van der Waals surface area contributed by atoms with Gasteiger partial charge in [0.25, 0.3) is 11.1 Å². The molecule has 27 heavy (non-hydrogen) atoms. The molecule has 1 atom stereocenters. The lowest BCUT2D eigenvalue weighted by Gasteiger charge is -2.09. The summed E-state index contributed by atoms with van der Waals surface area (Å²) in [5.41, 5.74) is 2.94. The fourth-order valence-corrected chi connectivity index (χ4v) is 3.26. The van der Waals surface area contributed by atoms with Crippen LogP contribution in [0.2, 0.25) is 5.02 Å². The predicted molar refractivity (Wildman–Crippen MR) is 106 cm³/mol. The van der Waals surface area contributed by atoms with Gasteiger partial charge >= 0.3 is 0 Å². The Bertz CT molecular complexity index is 941. The van der Waals surface area contributed by atoms with Crippen molar-refractivity contribution >= 4 is 29.1 Å². The predicted octanol–water partition coefficient (Wildman–Crippen LogP) is 5.28. The number of carbonyl (C=O) groups excluding carboxylic acids is 1. The SMILES string of the molecule is Cc1ccc(C(=O)C(C)Sc2nnc(COc3ccc(Cl)cc3)o2)cc1C. The van der Waals surface area contributed by atoms with Gasteiger partial charge in [0.15, 0.2) is 12.4 Å². The molecule has 5 nitrogen and oxygen atoms in total. The molecule has 0 spiro atoms. The van der Waals surface area contributed by atoms with E-state index in [1.165, 1.54) is 11.8 Å². The van der Waals surface area contributed by atoms with Crippen LogP contribution in [0.4, 0.5) is 0 Å². The molecule has 1 unspecified atom stereocenters. The average molecular weight is 403 g/mol. The number of thioether (sulfide) groups is 1. The van der Waals surface area contributed by atoms with Crippen LogP contribution in [0, 0.1) is 13.8 Å². The summed E-state index contributed by atoms with van der Waals surface area (Å²) in [6, 6.07) is 12.7. The molecule has 1 aromatic heterocycles. The minimum atomic E-state index is -0.336. The first-order valence-electron chi connectivity index (χ1n) is 8.41. The number of benzene rings is 2. The zero-order valence-electron chi connectivity index (χ0n) is 15.2. The van der Waals surface area contributed by atoms with Crippen molar-refractivity contribution in [2.75, 3.05) is 0 Å². The summed E-state index contributed by atoms with van der Waals surface area (Å²) >= 11 is 7.08. The maximum Gasteiger partial charge on any atom is 0.277 e. The molecule has 7 heteroatoms. The number of carbonyl (C=O) groups is 1. The summed E-state index contributed by atoms with van der Waals surface area (Å²) in [6.07, 6.45) is 0. The van der Waals surface area contributed by atoms with Gasteiger partial charge in [0, 0.05) is 10.6 Å². The van der Waals surface area contributed by atoms with Gasteiger partial charge in [0.05, 0.1) is 5.25 Å². The summed E-state index contributed by atoms with van der Waals surface area (Å²) in [5, 5.41) is 8.59. The van der Waals surface area contributed by atoms with Crippen LogP contribution < -0.4 is 4.74 Å². The van der Waals surface area contributed by atoms with Gasteiger partial charge in [-0.15, -0.1) is 10.2 Å². The Morgan fingerprint density at radius 3 is 2.59 bits per heavy atom. The van der Waals surface area contributed by atoms with E-state index in [1.807, 2.05) is 39.0 Å². The molecule has 3 aromatic rings. The smallest absolute Gasteiger partial charge is 0.277 e. The van der Waals surface area contributed by atoms with Gasteiger partial charge in [-0.05, 0) is 62.2 Å². The number of aryl methyl sites for hydroxylation is 2. The van der Waals surface area contributed by atoms with E-state index in [0.717, 1.165) is 11.1 Å². The molecule has 0 saturated heterocycles. The van der Waals surface area contributed by atoms with E-state index in [-0.39, 0.29) is 17.6 Å². The van der Waals surface area contributed by atoms with E-state index in [9.17, 15) is 4.79 Å². The summed E-state index contributed by atoms with van der Waals surface area (Å²) in [6.45, 7) is 5.99. The topological polar surface area (TPSA) is 65.2 Å². The van der Waals surface area contributed by atoms with Gasteiger partial charge in [0.2, 0.25) is 0 Å². The largest absolute Gasteiger partial charge is 0.484 e. The summed E-state index contributed by atoms with van der Waals surface area (Å²) in [7, 11) is 0. The molecule has 0 amide bonds. The van der Waals surface area contributed by atoms with Crippen molar-refractivity contribution in [1.29, 1.82) is 0 Å². The van der Waals surface area contributed by atoms with Crippen LogP contribution in [0.25, 0.3) is 0 Å². The number of hydrogen-bond acceptors (Lipinski definition) is 6. The molecule has 0 bridgehead atoms. The molecule has 0 aliphatic rings. The first kappa shape index (κ1) is 19.5. The number of Topliss-reactive ketones (excluding diaryl/α,β-unsaturated/α-hetero) is 1. The highest BCUT2D eigenvalue weighted by atomic mass is 35.5. The lowest BCUT2D eigenvalue weighted by atomic mass is 10.0. The maximum atomic E-state index is 12.6. The summed E-state index contributed by atoms with van der Waals surface area (Å²) in [5.74, 6) is 1.03. The highest BCUT2D eigenvalue weighted by molar-refractivity contribution is 8.00. The van der Waals surface area contributed by atoms with Gasteiger partial charge in [-0.1, -0.05) is 35.5 Å². The third-order valence-corrected chi connectivity index (χ3v) is 5.25. The minimum Gasteiger partial charge on any atom is -0.484 e. The van der Waals surface area contributed by atoms with Gasteiger partial charge in [-0.2, -0.15) is 0 Å². The number of rotatable bonds is 7. The third-order valence-electron chi connectivity index (χ3n) is 4.06. The van der Waals surface area contributed by atoms with Crippen molar-refractivity contribution < 1.29 is 13.9 Å². The van der Waals surface area contributed by atoms with Crippen LogP contribution in [-0.4, -0.2) is 21.2 Å². The number of ketones is 1. The lowest BCUT2D eigenvalue weighted by molar-refractivity contribution is 0.0993. The van der Waals surface area contributed by atoms with Crippen molar-refractivity contribution in [2.24, 2.45) is 0 Å². The second-order valence-electron chi connectivity index (χ2n) is 6.13. The number of ether oxygens (including phenoxy) is 1. The molecule has 0 radical (unpaired) electrons. The van der Waals surface area contributed by atoms with Crippen molar-refractivity contribution in [2.45, 2.75) is 37.9 Å². The van der Waals surface area contributed by atoms with E-state index in [0.29, 0.717) is 27.4 Å². The van der Waals surface area contributed by atoms with Crippen LogP contribution in [0.3, 0.4) is 0 Å². The van der Waals surface area contributed by atoms with Crippen molar-refractivity contribution in [3.8, 4) is 5.75 Å². The van der Waals surface area contributed by atoms with Gasteiger partial charge in [0.1, 0.15) is 5.75 Å². The Labute approximate surface area is 167 Å². The summed E-state index contributed by atoms with van der Waals surface area (Å²) in [4.78, 5) is 12.6. The van der Waals surface area contributed by atoms with E-state index in [1.54, 1.807) is 24.3 Å². The number of hydrogen-bond donors (Lipinski definition) is 0. The van der Waals surface area contributed by atoms with E-state index in [2.05, 4.69) is 10.2 Å². The zero-order valence-corrected chi connectivity index (χ0v) is 16.8. The summed E-state index contributed by atoms with van der Waals surface area (Å²) < 4.78 is 11.1. The quantitative estimate of drug-likeness (QED) is 0.395. The molecule has 140 valence electrons. The van der Waals surface area contributed by atoms with Crippen LogP contribution in [0.5, 0.6) is 5.75 Å². The standard InChI is InChI=1S/C20H19ClN2O3S/c1-12-4-5-15(10-13(12)2)19(24)14(3)27-20-23-22-18(26-20)11-25-17-8-6-16(21)7-9-17/h4-10,14H,11H2,1-3H3. The Balaban J connectivity index is 1.58. The molecule has 3 rings (SSSR count). The second-order valence-corrected chi connectivity index (χ2v) is 7.86. The van der Waals surface area contributed by atoms with Crippen LogP contribution in [0.15, 0.2) is 52.1 Å². The fraction of sp³-hybridized carbons (Fsp3) is 0.250. The first-order chi connectivity index (χ1) is 12.9. The average Bonchev–Trinajstić information content (AvgIpc) is 3.10.